The van der Waals surface area contributed by atoms with Gasteiger partial charge in [-0.2, -0.15) is 0 Å². The predicted octanol–water partition coefficient (Wildman–Crippen LogP) is 7.15. The second kappa shape index (κ2) is 9.10. The summed E-state index contributed by atoms with van der Waals surface area (Å²) in [5.41, 5.74) is 4.33. The molecule has 0 atom stereocenters. The van der Waals surface area contributed by atoms with Gasteiger partial charge in [-0.3, -0.25) is 4.79 Å². The fourth-order valence-corrected chi connectivity index (χ4v) is 5.24. The number of halogens is 1. The highest BCUT2D eigenvalue weighted by molar-refractivity contribution is 9.10. The highest BCUT2D eigenvalue weighted by atomic mass is 79.9. The van der Waals surface area contributed by atoms with E-state index in [2.05, 4.69) is 81.6 Å². The first kappa shape index (κ1) is 22.0. The van der Waals surface area contributed by atoms with Gasteiger partial charge in [-0.25, -0.2) is 9.97 Å². The van der Waals surface area contributed by atoms with E-state index in [1.54, 1.807) is 17.7 Å². The zero-order valence-corrected chi connectivity index (χ0v) is 20.7. The number of carbonyl (C=O) groups is 1. The number of hydrogen-bond acceptors (Lipinski definition) is 5. The Kier molecular flexibility index (Phi) is 6.46. The molecular formula is C24H22BrN3OS2. The van der Waals surface area contributed by atoms with Gasteiger partial charge in [-0.05, 0) is 40.8 Å². The Bertz CT molecular complexity index is 1210. The quantitative estimate of drug-likeness (QED) is 0.228. The summed E-state index contributed by atoms with van der Waals surface area (Å²) in [7, 11) is 0. The average Bonchev–Trinajstić information content (AvgIpc) is 3.17. The van der Waals surface area contributed by atoms with Gasteiger partial charge >= 0.3 is 0 Å². The van der Waals surface area contributed by atoms with Crippen LogP contribution in [0.15, 0.2) is 69.7 Å². The van der Waals surface area contributed by atoms with Crippen LogP contribution in [0.4, 0.5) is 5.69 Å². The van der Waals surface area contributed by atoms with Gasteiger partial charge in [0, 0.05) is 21.1 Å². The molecule has 0 unspecified atom stereocenters. The molecule has 4 nitrogen and oxygen atoms in total. The van der Waals surface area contributed by atoms with E-state index in [4.69, 9.17) is 0 Å². The fourth-order valence-electron chi connectivity index (χ4n) is 3.18. The molecule has 0 aliphatic heterocycles. The molecule has 4 aromatic rings. The van der Waals surface area contributed by atoms with E-state index in [1.807, 2.05) is 24.3 Å². The molecule has 1 amide bonds. The zero-order valence-electron chi connectivity index (χ0n) is 17.5. The van der Waals surface area contributed by atoms with Crippen molar-refractivity contribution in [1.82, 2.24) is 9.97 Å². The molecule has 0 saturated carbocycles. The number of nitrogens with one attached hydrogen (secondary N) is 1. The number of fused-ring (bicyclic) bond motifs is 1. The largest absolute Gasteiger partial charge is 0.325 e. The summed E-state index contributed by atoms with van der Waals surface area (Å²) in [5.74, 6) is 0.226. The highest BCUT2D eigenvalue weighted by Crippen LogP contribution is 2.38. The number of benzene rings is 2. The van der Waals surface area contributed by atoms with Crippen molar-refractivity contribution in [3.63, 3.8) is 0 Å². The number of hydrogen-bond donors (Lipinski definition) is 1. The molecule has 31 heavy (non-hydrogen) atoms. The van der Waals surface area contributed by atoms with Gasteiger partial charge in [0.1, 0.15) is 16.2 Å². The van der Waals surface area contributed by atoms with Gasteiger partial charge in [-0.15, -0.1) is 11.3 Å². The summed E-state index contributed by atoms with van der Waals surface area (Å²) >= 11 is 6.51. The van der Waals surface area contributed by atoms with Crippen LogP contribution >= 0.6 is 39.0 Å². The summed E-state index contributed by atoms with van der Waals surface area (Å²) in [5, 5.41) is 6.90. The Hall–Kier alpha value is -2.22. The SMILES string of the molecule is CC(C)(C)c1ccc(NC(=O)CSc2ncnc3scc(-c4ccc(Br)cc4)c23)cc1. The van der Waals surface area contributed by atoms with Crippen molar-refractivity contribution in [2.24, 2.45) is 0 Å². The van der Waals surface area contributed by atoms with Gasteiger partial charge in [0.15, 0.2) is 0 Å². The molecule has 158 valence electrons. The molecule has 2 heterocycles. The number of thiophene rings is 1. The molecule has 2 aromatic carbocycles. The normalized spacial score (nSPS) is 11.6. The average molecular weight is 512 g/mol. The van der Waals surface area contributed by atoms with Crippen LogP contribution in [0.5, 0.6) is 0 Å². The molecule has 0 radical (unpaired) electrons. The smallest absolute Gasteiger partial charge is 0.234 e. The minimum Gasteiger partial charge on any atom is -0.325 e. The number of anilines is 1. The summed E-state index contributed by atoms with van der Waals surface area (Å²) in [4.78, 5) is 22.4. The van der Waals surface area contributed by atoms with Gasteiger partial charge in [-0.1, -0.05) is 72.7 Å². The molecule has 0 saturated heterocycles. The third-order valence-corrected chi connectivity index (χ3v) is 7.27. The first-order chi connectivity index (χ1) is 14.8. The summed E-state index contributed by atoms with van der Waals surface area (Å²) in [6.07, 6.45) is 1.57. The number of nitrogens with zero attached hydrogens (tertiary/aromatic N) is 2. The van der Waals surface area contributed by atoms with Crippen molar-refractivity contribution in [3.8, 4) is 11.1 Å². The summed E-state index contributed by atoms with van der Waals surface area (Å²) in [6, 6.07) is 16.2. The van der Waals surface area contributed by atoms with Crippen molar-refractivity contribution in [2.75, 3.05) is 11.1 Å². The standard InChI is InChI=1S/C24H22BrN3OS2/c1-24(2,3)16-6-10-18(11-7-16)28-20(29)13-31-23-21-19(12-30-22(21)26-14-27-23)15-4-8-17(25)9-5-15/h4-12,14H,13H2,1-3H3,(H,28,29). The lowest BCUT2D eigenvalue weighted by atomic mass is 9.87. The number of thioether (sulfide) groups is 1. The Morgan fingerprint density at radius 3 is 2.45 bits per heavy atom. The van der Waals surface area contributed by atoms with Crippen molar-refractivity contribution in [3.05, 3.63) is 70.3 Å². The minimum absolute atomic E-state index is 0.0549. The Morgan fingerprint density at radius 2 is 1.77 bits per heavy atom. The molecule has 2 aromatic heterocycles. The van der Waals surface area contributed by atoms with E-state index in [1.165, 1.54) is 17.3 Å². The van der Waals surface area contributed by atoms with Gasteiger partial charge in [0.25, 0.3) is 0 Å². The molecule has 0 spiro atoms. The van der Waals surface area contributed by atoms with Crippen molar-refractivity contribution >= 4 is 60.8 Å². The molecular weight excluding hydrogens is 490 g/mol. The molecule has 0 fully saturated rings. The first-order valence-electron chi connectivity index (χ1n) is 9.82. The van der Waals surface area contributed by atoms with Crippen LogP contribution in [-0.2, 0) is 10.2 Å². The van der Waals surface area contributed by atoms with E-state index < -0.39 is 0 Å². The summed E-state index contributed by atoms with van der Waals surface area (Å²) < 4.78 is 1.04. The fraction of sp³-hybridized carbons (Fsp3) is 0.208. The van der Waals surface area contributed by atoms with Crippen LogP contribution in [0.2, 0.25) is 0 Å². The number of aromatic nitrogens is 2. The van der Waals surface area contributed by atoms with Crippen LogP contribution < -0.4 is 5.32 Å². The van der Waals surface area contributed by atoms with Crippen LogP contribution in [0.25, 0.3) is 21.3 Å². The topological polar surface area (TPSA) is 54.9 Å². The first-order valence-corrected chi connectivity index (χ1v) is 12.5. The highest BCUT2D eigenvalue weighted by Gasteiger charge is 2.16. The van der Waals surface area contributed by atoms with Crippen molar-refractivity contribution in [1.29, 1.82) is 0 Å². The molecule has 7 heteroatoms. The minimum atomic E-state index is -0.0549. The second-order valence-corrected chi connectivity index (χ2v) is 10.9. The zero-order chi connectivity index (χ0) is 22.0. The van der Waals surface area contributed by atoms with E-state index in [0.717, 1.165) is 36.5 Å². The van der Waals surface area contributed by atoms with Gasteiger partial charge < -0.3 is 5.32 Å². The van der Waals surface area contributed by atoms with Crippen LogP contribution in [0, 0.1) is 0 Å². The van der Waals surface area contributed by atoms with Crippen molar-refractivity contribution < 1.29 is 4.79 Å². The predicted molar refractivity (Wildman–Crippen MR) is 135 cm³/mol. The number of amides is 1. The molecule has 0 aliphatic carbocycles. The maximum Gasteiger partial charge on any atom is 0.234 e. The Morgan fingerprint density at radius 1 is 1.06 bits per heavy atom. The lowest BCUT2D eigenvalue weighted by molar-refractivity contribution is -0.113. The number of rotatable bonds is 5. The molecule has 0 aliphatic rings. The van der Waals surface area contributed by atoms with Crippen LogP contribution in [-0.4, -0.2) is 21.6 Å². The maximum absolute atomic E-state index is 12.6. The maximum atomic E-state index is 12.6. The van der Waals surface area contributed by atoms with E-state index >= 15 is 0 Å². The van der Waals surface area contributed by atoms with E-state index in [-0.39, 0.29) is 17.1 Å². The number of carbonyl (C=O) groups excluding carboxylic acids is 1. The lowest BCUT2D eigenvalue weighted by Gasteiger charge is -2.19. The van der Waals surface area contributed by atoms with Crippen LogP contribution in [0.1, 0.15) is 26.3 Å². The molecule has 1 N–H and O–H groups in total. The van der Waals surface area contributed by atoms with Crippen LogP contribution in [0.3, 0.4) is 0 Å². The molecule has 4 rings (SSSR count). The second-order valence-electron chi connectivity index (χ2n) is 8.18. The van der Waals surface area contributed by atoms with Crippen molar-refractivity contribution in [2.45, 2.75) is 31.2 Å². The van der Waals surface area contributed by atoms with Gasteiger partial charge in [0.05, 0.1) is 11.1 Å². The Labute approximate surface area is 198 Å². The molecule has 0 bridgehead atoms. The monoisotopic (exact) mass is 511 g/mol. The Balaban J connectivity index is 1.49. The lowest BCUT2D eigenvalue weighted by Crippen LogP contribution is -2.15. The van der Waals surface area contributed by atoms with Gasteiger partial charge in [0.2, 0.25) is 5.91 Å². The third kappa shape index (κ3) is 5.17. The van der Waals surface area contributed by atoms with E-state index in [9.17, 15) is 4.79 Å². The summed E-state index contributed by atoms with van der Waals surface area (Å²) in [6.45, 7) is 6.52. The third-order valence-electron chi connectivity index (χ3n) is 4.87. The van der Waals surface area contributed by atoms with E-state index in [0.29, 0.717) is 0 Å².